The van der Waals surface area contributed by atoms with Gasteiger partial charge < -0.3 is 10.1 Å². The summed E-state index contributed by atoms with van der Waals surface area (Å²) in [6.45, 7) is 4.06. The number of anilines is 1. The van der Waals surface area contributed by atoms with Gasteiger partial charge in [-0.15, -0.1) is 5.10 Å². The normalized spacial score (nSPS) is 10.4. The fraction of sp³-hybridized carbons (Fsp3) is 0.375. The lowest BCUT2D eigenvalue weighted by Crippen LogP contribution is -2.15. The van der Waals surface area contributed by atoms with Crippen molar-refractivity contribution >= 4 is 23.4 Å². The second-order valence-corrected chi connectivity index (χ2v) is 5.67. The fourth-order valence-corrected chi connectivity index (χ4v) is 2.65. The van der Waals surface area contributed by atoms with Crippen LogP contribution in [-0.4, -0.2) is 34.0 Å². The van der Waals surface area contributed by atoms with Crippen LogP contribution in [0.2, 0.25) is 0 Å². The minimum Gasteiger partial charge on any atom is -0.495 e. The molecule has 0 saturated heterocycles. The number of para-hydroxylation sites is 2. The number of aromatic nitrogens is 3. The molecule has 0 fully saturated rings. The average Bonchev–Trinajstić information content (AvgIpc) is 2.60. The Kier molecular flexibility index (Phi) is 6.34. The van der Waals surface area contributed by atoms with Gasteiger partial charge in [-0.2, -0.15) is 5.10 Å². The van der Waals surface area contributed by atoms with E-state index in [1.807, 2.05) is 26.0 Å². The molecule has 0 unspecified atom stereocenters. The highest BCUT2D eigenvalue weighted by atomic mass is 32.2. The van der Waals surface area contributed by atoms with E-state index in [2.05, 4.69) is 20.5 Å². The van der Waals surface area contributed by atoms with Crippen LogP contribution in [0.25, 0.3) is 0 Å². The van der Waals surface area contributed by atoms with E-state index in [1.54, 1.807) is 19.2 Å². The second-order valence-electron chi connectivity index (χ2n) is 4.73. The maximum Gasteiger partial charge on any atom is 0.234 e. The summed E-state index contributed by atoms with van der Waals surface area (Å²) in [5, 5.41) is 11.6. The molecular formula is C16H20N4O2S. The molecule has 0 aliphatic rings. The van der Waals surface area contributed by atoms with Gasteiger partial charge in [0.05, 0.1) is 29.9 Å². The number of nitrogens with one attached hydrogen (secondary N) is 1. The Morgan fingerprint density at radius 3 is 2.61 bits per heavy atom. The van der Waals surface area contributed by atoms with E-state index in [0.717, 1.165) is 24.2 Å². The number of benzene rings is 1. The van der Waals surface area contributed by atoms with Gasteiger partial charge in [0.1, 0.15) is 5.75 Å². The monoisotopic (exact) mass is 332 g/mol. The highest BCUT2D eigenvalue weighted by Crippen LogP contribution is 2.23. The molecule has 1 amide bonds. The third-order valence-electron chi connectivity index (χ3n) is 3.20. The van der Waals surface area contributed by atoms with Crippen LogP contribution in [0.15, 0.2) is 29.4 Å². The first-order valence-corrected chi connectivity index (χ1v) is 8.44. The maximum absolute atomic E-state index is 12.1. The quantitative estimate of drug-likeness (QED) is 0.786. The van der Waals surface area contributed by atoms with Crippen LogP contribution in [0.3, 0.4) is 0 Å². The topological polar surface area (TPSA) is 77.0 Å². The third-order valence-corrected chi connectivity index (χ3v) is 4.04. The smallest absolute Gasteiger partial charge is 0.234 e. The predicted octanol–water partition coefficient (Wildman–Crippen LogP) is 2.74. The van der Waals surface area contributed by atoms with Crippen LogP contribution in [0.5, 0.6) is 5.75 Å². The molecule has 2 aromatic rings. The molecule has 1 aromatic carbocycles. The summed E-state index contributed by atoms with van der Waals surface area (Å²) in [6, 6.07) is 7.29. The van der Waals surface area contributed by atoms with Crippen molar-refractivity contribution in [2.24, 2.45) is 0 Å². The van der Waals surface area contributed by atoms with Crippen LogP contribution >= 0.6 is 11.8 Å². The molecule has 1 aromatic heterocycles. The molecule has 0 aliphatic carbocycles. The molecule has 0 radical (unpaired) electrons. The number of aryl methyl sites for hydroxylation is 2. The van der Waals surface area contributed by atoms with E-state index in [4.69, 9.17) is 4.74 Å². The molecule has 2 rings (SSSR count). The lowest BCUT2D eigenvalue weighted by Gasteiger charge is -2.09. The van der Waals surface area contributed by atoms with E-state index in [-0.39, 0.29) is 11.7 Å². The van der Waals surface area contributed by atoms with E-state index in [1.165, 1.54) is 11.8 Å². The maximum atomic E-state index is 12.1. The Morgan fingerprint density at radius 1 is 1.17 bits per heavy atom. The fourth-order valence-electron chi connectivity index (χ4n) is 2.05. The van der Waals surface area contributed by atoms with Crippen LogP contribution in [0, 0.1) is 0 Å². The van der Waals surface area contributed by atoms with Crippen molar-refractivity contribution in [2.75, 3.05) is 18.2 Å². The first-order valence-electron chi connectivity index (χ1n) is 7.46. The zero-order valence-electron chi connectivity index (χ0n) is 13.5. The number of hydrogen-bond acceptors (Lipinski definition) is 6. The zero-order valence-corrected chi connectivity index (χ0v) is 14.3. The van der Waals surface area contributed by atoms with Crippen LogP contribution in [0.4, 0.5) is 5.69 Å². The van der Waals surface area contributed by atoms with E-state index in [9.17, 15) is 4.79 Å². The van der Waals surface area contributed by atoms with Crippen molar-refractivity contribution in [3.63, 3.8) is 0 Å². The standard InChI is InChI=1S/C16H20N4O2S/c1-4-11-12(5-2)19-20-16(18-11)23-10-15(21)17-13-8-6-7-9-14(13)22-3/h6-9H,4-5,10H2,1-3H3,(H,17,21). The summed E-state index contributed by atoms with van der Waals surface area (Å²) in [6.07, 6.45) is 1.61. The zero-order chi connectivity index (χ0) is 16.7. The van der Waals surface area contributed by atoms with E-state index in [0.29, 0.717) is 16.6 Å². The number of rotatable bonds is 7. The minimum atomic E-state index is -0.138. The number of hydrogen-bond donors (Lipinski definition) is 1. The van der Waals surface area contributed by atoms with Crippen LogP contribution < -0.4 is 10.1 Å². The molecule has 1 heterocycles. The number of amides is 1. The molecule has 0 aliphatic heterocycles. The summed E-state index contributed by atoms with van der Waals surface area (Å²) < 4.78 is 5.21. The van der Waals surface area contributed by atoms with Crippen LogP contribution in [-0.2, 0) is 17.6 Å². The van der Waals surface area contributed by atoms with Crippen molar-refractivity contribution in [3.05, 3.63) is 35.7 Å². The molecule has 0 saturated carbocycles. The summed E-state index contributed by atoms with van der Waals surface area (Å²) in [5.74, 6) is 0.707. The second kappa shape index (κ2) is 8.47. The number of ether oxygens (including phenoxy) is 1. The molecule has 7 heteroatoms. The summed E-state index contributed by atoms with van der Waals surface area (Å²) in [5.41, 5.74) is 2.50. The Morgan fingerprint density at radius 2 is 1.91 bits per heavy atom. The lowest BCUT2D eigenvalue weighted by atomic mass is 10.2. The predicted molar refractivity (Wildman–Crippen MR) is 90.9 cm³/mol. The van der Waals surface area contributed by atoms with Gasteiger partial charge in [0.15, 0.2) is 0 Å². The lowest BCUT2D eigenvalue weighted by molar-refractivity contribution is -0.113. The third kappa shape index (κ3) is 4.66. The van der Waals surface area contributed by atoms with Gasteiger partial charge in [0, 0.05) is 0 Å². The SMILES string of the molecule is CCc1nnc(SCC(=O)Nc2ccccc2OC)nc1CC. The largest absolute Gasteiger partial charge is 0.495 e. The number of nitrogens with zero attached hydrogens (tertiary/aromatic N) is 3. The minimum absolute atomic E-state index is 0.138. The van der Waals surface area contributed by atoms with Gasteiger partial charge in [-0.1, -0.05) is 37.7 Å². The van der Waals surface area contributed by atoms with Gasteiger partial charge in [0.2, 0.25) is 11.1 Å². The van der Waals surface area contributed by atoms with Crippen molar-refractivity contribution in [3.8, 4) is 5.75 Å². The van der Waals surface area contributed by atoms with Crippen molar-refractivity contribution < 1.29 is 9.53 Å². The van der Waals surface area contributed by atoms with Crippen molar-refractivity contribution in [1.29, 1.82) is 0 Å². The molecule has 122 valence electrons. The molecule has 6 nitrogen and oxygen atoms in total. The van der Waals surface area contributed by atoms with Crippen molar-refractivity contribution in [1.82, 2.24) is 15.2 Å². The number of thioether (sulfide) groups is 1. The number of carbonyl (C=O) groups is 1. The van der Waals surface area contributed by atoms with Crippen LogP contribution in [0.1, 0.15) is 25.2 Å². The molecule has 0 bridgehead atoms. The summed E-state index contributed by atoms with van der Waals surface area (Å²) in [7, 11) is 1.57. The summed E-state index contributed by atoms with van der Waals surface area (Å²) in [4.78, 5) is 16.5. The van der Waals surface area contributed by atoms with Gasteiger partial charge in [-0.25, -0.2) is 4.98 Å². The molecule has 23 heavy (non-hydrogen) atoms. The Labute approximate surface area is 140 Å². The Bertz CT molecular complexity index is 679. The molecular weight excluding hydrogens is 312 g/mol. The average molecular weight is 332 g/mol. The first kappa shape index (κ1) is 17.2. The summed E-state index contributed by atoms with van der Waals surface area (Å²) >= 11 is 1.27. The Balaban J connectivity index is 1.96. The van der Waals surface area contributed by atoms with Gasteiger partial charge in [-0.3, -0.25) is 4.79 Å². The van der Waals surface area contributed by atoms with E-state index >= 15 is 0 Å². The highest BCUT2D eigenvalue weighted by Gasteiger charge is 2.11. The highest BCUT2D eigenvalue weighted by molar-refractivity contribution is 7.99. The van der Waals surface area contributed by atoms with Gasteiger partial charge >= 0.3 is 0 Å². The van der Waals surface area contributed by atoms with Gasteiger partial charge in [0.25, 0.3) is 0 Å². The number of methoxy groups -OCH3 is 1. The van der Waals surface area contributed by atoms with E-state index < -0.39 is 0 Å². The Hall–Kier alpha value is -2.15. The first-order chi connectivity index (χ1) is 11.2. The molecule has 0 atom stereocenters. The van der Waals surface area contributed by atoms with Crippen molar-refractivity contribution in [2.45, 2.75) is 31.8 Å². The molecule has 0 spiro atoms. The number of carbonyl (C=O) groups excluding carboxylic acids is 1. The molecule has 1 N–H and O–H groups in total. The van der Waals surface area contributed by atoms with Gasteiger partial charge in [-0.05, 0) is 25.0 Å².